The van der Waals surface area contributed by atoms with Gasteiger partial charge in [0, 0.05) is 12.2 Å². The molecule has 7 nitrogen and oxygen atoms in total. The first-order chi connectivity index (χ1) is 14.0. The molecule has 1 atom stereocenters. The molecule has 0 aliphatic carbocycles. The summed E-state index contributed by atoms with van der Waals surface area (Å²) in [6.07, 6.45) is 0.929. The number of carbonyl (C=O) groups is 2. The number of aryl methyl sites for hydroxylation is 1. The van der Waals surface area contributed by atoms with Crippen molar-refractivity contribution in [3.63, 3.8) is 0 Å². The monoisotopic (exact) mass is 398 g/mol. The molecule has 0 saturated carbocycles. The Labute approximate surface area is 170 Å². The van der Waals surface area contributed by atoms with E-state index in [-0.39, 0.29) is 31.6 Å². The first-order valence-electron chi connectivity index (χ1n) is 9.53. The van der Waals surface area contributed by atoms with Crippen LogP contribution < -0.4 is 14.8 Å². The van der Waals surface area contributed by atoms with Gasteiger partial charge in [-0.25, -0.2) is 0 Å². The second kappa shape index (κ2) is 9.43. The van der Waals surface area contributed by atoms with Crippen molar-refractivity contribution in [1.29, 1.82) is 0 Å². The van der Waals surface area contributed by atoms with Gasteiger partial charge >= 0.3 is 0 Å². The SMILES string of the molecule is CCc1ccc(NC(=O)[C@@H]2COCC(=O)N2Cc2ccc(OC)c(OC)c2)cc1. The van der Waals surface area contributed by atoms with Gasteiger partial charge in [0.1, 0.15) is 12.6 Å². The van der Waals surface area contributed by atoms with E-state index in [1.54, 1.807) is 31.3 Å². The summed E-state index contributed by atoms with van der Waals surface area (Å²) >= 11 is 0. The molecule has 2 amide bonds. The fraction of sp³-hybridized carbons (Fsp3) is 0.364. The van der Waals surface area contributed by atoms with E-state index in [1.807, 2.05) is 30.3 Å². The average molecular weight is 398 g/mol. The zero-order chi connectivity index (χ0) is 20.8. The van der Waals surface area contributed by atoms with Gasteiger partial charge in [-0.2, -0.15) is 0 Å². The van der Waals surface area contributed by atoms with Crippen LogP contribution >= 0.6 is 0 Å². The number of hydrogen-bond acceptors (Lipinski definition) is 5. The van der Waals surface area contributed by atoms with Crippen LogP contribution in [0.2, 0.25) is 0 Å². The summed E-state index contributed by atoms with van der Waals surface area (Å²) in [6.45, 7) is 2.46. The average Bonchev–Trinajstić information content (AvgIpc) is 2.75. The van der Waals surface area contributed by atoms with E-state index < -0.39 is 6.04 Å². The lowest BCUT2D eigenvalue weighted by molar-refractivity contribution is -0.154. The minimum absolute atomic E-state index is 0.0394. The Balaban J connectivity index is 1.76. The van der Waals surface area contributed by atoms with Crippen LogP contribution in [0.5, 0.6) is 11.5 Å². The third-order valence-corrected chi connectivity index (χ3v) is 4.93. The molecule has 1 saturated heterocycles. The van der Waals surface area contributed by atoms with Crippen molar-refractivity contribution in [2.24, 2.45) is 0 Å². The van der Waals surface area contributed by atoms with Crippen LogP contribution in [0, 0.1) is 0 Å². The highest BCUT2D eigenvalue weighted by atomic mass is 16.5. The predicted octanol–water partition coefficient (Wildman–Crippen LogP) is 2.63. The standard InChI is InChI=1S/C22H26N2O5/c1-4-15-5-8-17(9-6-15)23-22(26)18-13-29-14-21(25)24(18)12-16-7-10-19(27-2)20(11-16)28-3/h5-11,18H,4,12-14H2,1-3H3,(H,23,26)/t18-/m0/s1. The first kappa shape index (κ1) is 20.7. The summed E-state index contributed by atoms with van der Waals surface area (Å²) in [7, 11) is 3.12. The molecule has 0 spiro atoms. The normalized spacial score (nSPS) is 16.4. The van der Waals surface area contributed by atoms with Crippen molar-refractivity contribution < 1.29 is 23.8 Å². The van der Waals surface area contributed by atoms with Gasteiger partial charge in [0.15, 0.2) is 11.5 Å². The lowest BCUT2D eigenvalue weighted by Crippen LogP contribution is -2.54. The third kappa shape index (κ3) is 4.86. The maximum atomic E-state index is 12.9. The van der Waals surface area contributed by atoms with Gasteiger partial charge < -0.3 is 24.4 Å². The van der Waals surface area contributed by atoms with E-state index >= 15 is 0 Å². The molecule has 7 heteroatoms. The molecule has 0 radical (unpaired) electrons. The highest BCUT2D eigenvalue weighted by Crippen LogP contribution is 2.28. The molecule has 1 fully saturated rings. The van der Waals surface area contributed by atoms with Gasteiger partial charge in [0.25, 0.3) is 0 Å². The van der Waals surface area contributed by atoms with Gasteiger partial charge in [-0.1, -0.05) is 25.1 Å². The Morgan fingerprint density at radius 2 is 1.79 bits per heavy atom. The van der Waals surface area contributed by atoms with Crippen molar-refractivity contribution in [3.05, 3.63) is 53.6 Å². The number of nitrogens with zero attached hydrogens (tertiary/aromatic N) is 1. The van der Waals surface area contributed by atoms with Gasteiger partial charge in [-0.05, 0) is 41.8 Å². The number of morpholine rings is 1. The van der Waals surface area contributed by atoms with E-state index in [1.165, 1.54) is 5.56 Å². The van der Waals surface area contributed by atoms with Crippen LogP contribution in [0.1, 0.15) is 18.1 Å². The van der Waals surface area contributed by atoms with Crippen molar-refractivity contribution in [3.8, 4) is 11.5 Å². The lowest BCUT2D eigenvalue weighted by atomic mass is 10.1. The first-order valence-corrected chi connectivity index (χ1v) is 9.53. The number of ether oxygens (including phenoxy) is 3. The van der Waals surface area contributed by atoms with E-state index in [2.05, 4.69) is 12.2 Å². The molecule has 0 bridgehead atoms. The molecule has 1 N–H and O–H groups in total. The number of methoxy groups -OCH3 is 2. The molecule has 2 aromatic carbocycles. The predicted molar refractivity (Wildman–Crippen MR) is 109 cm³/mol. The minimum atomic E-state index is -0.713. The molecule has 0 unspecified atom stereocenters. The Bertz CT molecular complexity index is 866. The maximum absolute atomic E-state index is 12.9. The third-order valence-electron chi connectivity index (χ3n) is 4.93. The summed E-state index contributed by atoms with van der Waals surface area (Å²) in [6, 6.07) is 12.4. The Hall–Kier alpha value is -3.06. The minimum Gasteiger partial charge on any atom is -0.493 e. The van der Waals surface area contributed by atoms with Crippen molar-refractivity contribution in [2.45, 2.75) is 25.9 Å². The summed E-state index contributed by atoms with van der Waals surface area (Å²) in [4.78, 5) is 26.9. The molecular weight excluding hydrogens is 372 g/mol. The van der Waals surface area contributed by atoms with Crippen LogP contribution in [-0.2, 0) is 27.3 Å². The Morgan fingerprint density at radius 3 is 2.45 bits per heavy atom. The molecule has 154 valence electrons. The number of nitrogens with one attached hydrogen (secondary N) is 1. The van der Waals surface area contributed by atoms with Gasteiger partial charge in [-0.15, -0.1) is 0 Å². The smallest absolute Gasteiger partial charge is 0.249 e. The van der Waals surface area contributed by atoms with E-state index in [0.717, 1.165) is 12.0 Å². The summed E-state index contributed by atoms with van der Waals surface area (Å²) in [5, 5.41) is 2.88. The van der Waals surface area contributed by atoms with E-state index in [0.29, 0.717) is 17.2 Å². The number of carbonyl (C=O) groups excluding carboxylic acids is 2. The molecular formula is C22H26N2O5. The van der Waals surface area contributed by atoms with E-state index in [4.69, 9.17) is 14.2 Å². The number of rotatable bonds is 7. The van der Waals surface area contributed by atoms with Crippen LogP contribution in [0.15, 0.2) is 42.5 Å². The van der Waals surface area contributed by atoms with Gasteiger partial charge in [0.2, 0.25) is 11.8 Å². The molecule has 1 heterocycles. The second-order valence-corrected chi connectivity index (χ2v) is 6.78. The van der Waals surface area contributed by atoms with Gasteiger partial charge in [0.05, 0.1) is 20.8 Å². The Morgan fingerprint density at radius 1 is 1.10 bits per heavy atom. The quantitative estimate of drug-likeness (QED) is 0.776. The van der Waals surface area contributed by atoms with Crippen LogP contribution in [-0.4, -0.2) is 50.2 Å². The summed E-state index contributed by atoms with van der Waals surface area (Å²) < 4.78 is 15.9. The number of anilines is 1. The number of amides is 2. The highest BCUT2D eigenvalue weighted by molar-refractivity contribution is 5.98. The fourth-order valence-electron chi connectivity index (χ4n) is 3.25. The van der Waals surface area contributed by atoms with E-state index in [9.17, 15) is 9.59 Å². The molecule has 3 rings (SSSR count). The zero-order valence-electron chi connectivity index (χ0n) is 16.9. The second-order valence-electron chi connectivity index (χ2n) is 6.78. The number of benzene rings is 2. The van der Waals surface area contributed by atoms with Crippen molar-refractivity contribution in [1.82, 2.24) is 4.90 Å². The largest absolute Gasteiger partial charge is 0.493 e. The van der Waals surface area contributed by atoms with Crippen LogP contribution in [0.25, 0.3) is 0 Å². The van der Waals surface area contributed by atoms with Crippen molar-refractivity contribution >= 4 is 17.5 Å². The zero-order valence-corrected chi connectivity index (χ0v) is 16.9. The summed E-state index contributed by atoms with van der Waals surface area (Å²) in [5.74, 6) is 0.674. The van der Waals surface area contributed by atoms with Crippen LogP contribution in [0.4, 0.5) is 5.69 Å². The molecule has 1 aliphatic heterocycles. The van der Waals surface area contributed by atoms with Crippen molar-refractivity contribution in [2.75, 3.05) is 32.8 Å². The van der Waals surface area contributed by atoms with Crippen LogP contribution in [0.3, 0.4) is 0 Å². The maximum Gasteiger partial charge on any atom is 0.249 e. The topological polar surface area (TPSA) is 77.1 Å². The lowest BCUT2D eigenvalue weighted by Gasteiger charge is -2.34. The summed E-state index contributed by atoms with van der Waals surface area (Å²) in [5.41, 5.74) is 2.72. The number of hydrogen-bond donors (Lipinski definition) is 1. The molecule has 1 aliphatic rings. The molecule has 29 heavy (non-hydrogen) atoms. The molecule has 0 aromatic heterocycles. The highest BCUT2D eigenvalue weighted by Gasteiger charge is 2.34. The molecule has 2 aromatic rings. The fourth-order valence-corrected chi connectivity index (χ4v) is 3.25. The van der Waals surface area contributed by atoms with Gasteiger partial charge in [-0.3, -0.25) is 9.59 Å². The Kier molecular flexibility index (Phi) is 6.72.